The summed E-state index contributed by atoms with van der Waals surface area (Å²) in [5.41, 5.74) is 0.388. The molecule has 0 saturated heterocycles. The van der Waals surface area contributed by atoms with Crippen LogP contribution in [-0.2, 0) is 6.42 Å². The molecule has 1 nitrogen and oxygen atoms in total. The number of halogens is 5. The molecule has 1 atom stereocenters. The van der Waals surface area contributed by atoms with Crippen LogP contribution >= 0.6 is 27.5 Å². The quantitative estimate of drug-likeness (QED) is 0.787. The molecule has 112 valence electrons. The Kier molecular flexibility index (Phi) is 5.30. The van der Waals surface area contributed by atoms with Crippen LogP contribution in [0.2, 0.25) is 5.02 Å². The maximum absolute atomic E-state index is 14.0. The number of hydrogen-bond donors (Lipinski definition) is 1. The van der Waals surface area contributed by atoms with E-state index < -0.39 is 23.5 Å². The van der Waals surface area contributed by atoms with Gasteiger partial charge in [-0.3, -0.25) is 0 Å². The van der Waals surface area contributed by atoms with Crippen molar-refractivity contribution in [3.05, 3.63) is 68.4 Å². The van der Waals surface area contributed by atoms with Gasteiger partial charge in [0.1, 0.15) is 17.5 Å². The molecule has 0 heterocycles. The minimum atomic E-state index is -0.672. The lowest BCUT2D eigenvalue weighted by Gasteiger charge is -2.19. The normalized spacial score (nSPS) is 12.5. The minimum absolute atomic E-state index is 0.0963. The fourth-order valence-electron chi connectivity index (χ4n) is 2.15. The number of rotatable bonds is 4. The molecular weight excluding hydrogens is 367 g/mol. The predicted molar refractivity (Wildman–Crippen MR) is 81.0 cm³/mol. The number of benzene rings is 2. The lowest BCUT2D eigenvalue weighted by molar-refractivity contribution is 0.488. The second kappa shape index (κ2) is 6.81. The van der Waals surface area contributed by atoms with Crippen LogP contribution in [0.4, 0.5) is 13.2 Å². The number of nitrogens with one attached hydrogen (secondary N) is 1. The smallest absolute Gasteiger partial charge is 0.132 e. The molecule has 0 aliphatic rings. The molecule has 21 heavy (non-hydrogen) atoms. The Labute approximate surface area is 134 Å². The molecule has 2 rings (SSSR count). The highest BCUT2D eigenvalue weighted by atomic mass is 79.9. The fourth-order valence-corrected chi connectivity index (χ4v) is 2.75. The van der Waals surface area contributed by atoms with E-state index in [0.717, 1.165) is 0 Å². The van der Waals surface area contributed by atoms with Crippen LogP contribution in [-0.4, -0.2) is 7.05 Å². The average molecular weight is 379 g/mol. The van der Waals surface area contributed by atoms with Crippen LogP contribution < -0.4 is 5.32 Å². The molecule has 1 unspecified atom stereocenters. The summed E-state index contributed by atoms with van der Waals surface area (Å²) >= 11 is 9.04. The van der Waals surface area contributed by atoms with Crippen LogP contribution in [0.3, 0.4) is 0 Å². The molecule has 6 heteroatoms. The molecule has 1 N–H and O–H groups in total. The molecule has 2 aromatic carbocycles. The number of hydrogen-bond acceptors (Lipinski definition) is 1. The van der Waals surface area contributed by atoms with Gasteiger partial charge in [-0.05, 0) is 49.4 Å². The van der Waals surface area contributed by atoms with E-state index in [1.54, 1.807) is 7.05 Å². The zero-order valence-corrected chi connectivity index (χ0v) is 13.4. The van der Waals surface area contributed by atoms with Crippen molar-refractivity contribution in [2.75, 3.05) is 7.05 Å². The molecule has 0 bridgehead atoms. The Bertz CT molecular complexity index is 640. The summed E-state index contributed by atoms with van der Waals surface area (Å²) in [6.07, 6.45) is 0.169. The van der Waals surface area contributed by atoms with Gasteiger partial charge in [-0.1, -0.05) is 27.5 Å². The third kappa shape index (κ3) is 3.78. The van der Waals surface area contributed by atoms with E-state index in [1.165, 1.54) is 30.3 Å². The second-order valence-corrected chi connectivity index (χ2v) is 5.89. The van der Waals surface area contributed by atoms with Crippen molar-refractivity contribution in [1.29, 1.82) is 0 Å². The third-order valence-corrected chi connectivity index (χ3v) is 4.00. The minimum Gasteiger partial charge on any atom is -0.313 e. The van der Waals surface area contributed by atoms with Gasteiger partial charge in [0.25, 0.3) is 0 Å². The van der Waals surface area contributed by atoms with E-state index in [2.05, 4.69) is 21.2 Å². The van der Waals surface area contributed by atoms with Gasteiger partial charge in [0.2, 0.25) is 0 Å². The Morgan fingerprint density at radius 1 is 1.14 bits per heavy atom. The van der Waals surface area contributed by atoms with Gasteiger partial charge in [-0.15, -0.1) is 0 Å². The largest absolute Gasteiger partial charge is 0.313 e. The van der Waals surface area contributed by atoms with E-state index in [-0.39, 0.29) is 12.0 Å². The van der Waals surface area contributed by atoms with Crippen LogP contribution in [0.5, 0.6) is 0 Å². The fraction of sp³-hybridized carbons (Fsp3) is 0.200. The standard InChI is InChI=1S/C15H12BrClF3N/c1-21-14(5-8-4-10(18)2-3-11(8)17)15-12(19)6-9(16)7-13(15)20/h2-4,6-7,14,21H,5H2,1H3. The first kappa shape index (κ1) is 16.3. The first-order chi connectivity index (χ1) is 9.92. The molecule has 0 radical (unpaired) electrons. The average Bonchev–Trinajstić information content (AvgIpc) is 2.40. The van der Waals surface area contributed by atoms with Gasteiger partial charge in [0, 0.05) is 21.1 Å². The molecule has 0 spiro atoms. The van der Waals surface area contributed by atoms with Gasteiger partial charge in [0.05, 0.1) is 0 Å². The van der Waals surface area contributed by atoms with Crippen LogP contribution in [0.1, 0.15) is 17.2 Å². The topological polar surface area (TPSA) is 12.0 Å². The van der Waals surface area contributed by atoms with Gasteiger partial charge in [0.15, 0.2) is 0 Å². The second-order valence-electron chi connectivity index (χ2n) is 4.56. The lowest BCUT2D eigenvalue weighted by Crippen LogP contribution is -2.21. The first-order valence-electron chi connectivity index (χ1n) is 6.18. The molecule has 0 fully saturated rings. The van der Waals surface area contributed by atoms with Crippen molar-refractivity contribution in [3.8, 4) is 0 Å². The lowest BCUT2D eigenvalue weighted by atomic mass is 9.98. The van der Waals surface area contributed by atoms with Crippen molar-refractivity contribution in [2.24, 2.45) is 0 Å². The Morgan fingerprint density at radius 3 is 2.33 bits per heavy atom. The molecule has 0 amide bonds. The first-order valence-corrected chi connectivity index (χ1v) is 7.35. The molecule has 0 saturated carbocycles. The molecule has 2 aromatic rings. The van der Waals surface area contributed by atoms with Crippen molar-refractivity contribution in [3.63, 3.8) is 0 Å². The van der Waals surface area contributed by atoms with Gasteiger partial charge >= 0.3 is 0 Å². The Morgan fingerprint density at radius 2 is 1.76 bits per heavy atom. The van der Waals surface area contributed by atoms with Gasteiger partial charge in [-0.2, -0.15) is 0 Å². The summed E-state index contributed by atoms with van der Waals surface area (Å²) < 4.78 is 41.6. The van der Waals surface area contributed by atoms with E-state index >= 15 is 0 Å². The van der Waals surface area contributed by atoms with Crippen molar-refractivity contribution < 1.29 is 13.2 Å². The zero-order valence-electron chi connectivity index (χ0n) is 11.1. The molecule has 0 aromatic heterocycles. The van der Waals surface area contributed by atoms with Crippen LogP contribution in [0.15, 0.2) is 34.8 Å². The summed E-state index contributed by atoms with van der Waals surface area (Å²) in [7, 11) is 1.58. The summed E-state index contributed by atoms with van der Waals surface area (Å²) in [6.45, 7) is 0. The van der Waals surface area contributed by atoms with Crippen LogP contribution in [0.25, 0.3) is 0 Å². The molecule has 0 aliphatic carbocycles. The van der Waals surface area contributed by atoms with E-state index in [0.29, 0.717) is 15.1 Å². The van der Waals surface area contributed by atoms with Crippen molar-refractivity contribution in [2.45, 2.75) is 12.5 Å². The van der Waals surface area contributed by atoms with E-state index in [1.807, 2.05) is 0 Å². The predicted octanol–water partition coefficient (Wildman–Crippen LogP) is 5.02. The summed E-state index contributed by atoms with van der Waals surface area (Å²) in [5, 5.41) is 3.19. The summed E-state index contributed by atoms with van der Waals surface area (Å²) in [6, 6.07) is 5.65. The maximum atomic E-state index is 14.0. The monoisotopic (exact) mass is 377 g/mol. The maximum Gasteiger partial charge on any atom is 0.132 e. The van der Waals surface area contributed by atoms with Gasteiger partial charge < -0.3 is 5.32 Å². The van der Waals surface area contributed by atoms with E-state index in [9.17, 15) is 13.2 Å². The highest BCUT2D eigenvalue weighted by molar-refractivity contribution is 9.10. The zero-order chi connectivity index (χ0) is 15.6. The van der Waals surface area contributed by atoms with Crippen LogP contribution in [0, 0.1) is 17.5 Å². The SMILES string of the molecule is CNC(Cc1cc(F)ccc1Cl)c1c(F)cc(Br)cc1F. The Hall–Kier alpha value is -1.04. The molecule has 0 aliphatic heterocycles. The van der Waals surface area contributed by atoms with E-state index in [4.69, 9.17) is 11.6 Å². The summed E-state index contributed by atoms with van der Waals surface area (Å²) in [5.74, 6) is -1.79. The number of likely N-dealkylation sites (N-methyl/N-ethyl adjacent to an activating group) is 1. The van der Waals surface area contributed by atoms with Gasteiger partial charge in [-0.25, -0.2) is 13.2 Å². The molecular formula is C15H12BrClF3N. The van der Waals surface area contributed by atoms with Crippen molar-refractivity contribution in [1.82, 2.24) is 5.32 Å². The summed E-state index contributed by atoms with van der Waals surface area (Å²) in [4.78, 5) is 0. The Balaban J connectivity index is 2.39. The third-order valence-electron chi connectivity index (χ3n) is 3.17. The van der Waals surface area contributed by atoms with Crippen molar-refractivity contribution >= 4 is 27.5 Å². The highest BCUT2D eigenvalue weighted by Gasteiger charge is 2.21. The highest BCUT2D eigenvalue weighted by Crippen LogP contribution is 2.29.